The van der Waals surface area contributed by atoms with Crippen molar-refractivity contribution in [2.24, 2.45) is 14.1 Å². The van der Waals surface area contributed by atoms with Crippen LogP contribution in [0.15, 0.2) is 46.1 Å². The van der Waals surface area contributed by atoms with Gasteiger partial charge in [0.05, 0.1) is 0 Å². The molecular weight excluding hydrogens is 266 g/mol. The first-order chi connectivity index (χ1) is 10.1. The Hall–Kier alpha value is -2.14. The van der Waals surface area contributed by atoms with Crippen molar-refractivity contribution in [2.45, 2.75) is 19.4 Å². The van der Waals surface area contributed by atoms with Crippen LogP contribution in [-0.2, 0) is 27.1 Å². The number of aryl methyl sites for hydroxylation is 2. The molecule has 0 saturated heterocycles. The van der Waals surface area contributed by atoms with Gasteiger partial charge in [0.2, 0.25) is 0 Å². The molecule has 112 valence electrons. The van der Waals surface area contributed by atoms with Crippen molar-refractivity contribution in [3.63, 3.8) is 0 Å². The van der Waals surface area contributed by atoms with Crippen LogP contribution in [-0.4, -0.2) is 15.7 Å². The van der Waals surface area contributed by atoms with Crippen LogP contribution in [0.1, 0.15) is 17.5 Å². The van der Waals surface area contributed by atoms with Gasteiger partial charge in [0, 0.05) is 32.4 Å². The molecule has 21 heavy (non-hydrogen) atoms. The number of nitrogens with one attached hydrogen (secondary N) is 1. The lowest BCUT2D eigenvalue weighted by atomic mass is 10.1. The molecule has 2 aromatic rings. The van der Waals surface area contributed by atoms with E-state index < -0.39 is 0 Å². The van der Waals surface area contributed by atoms with Gasteiger partial charge < -0.3 is 9.88 Å². The first kappa shape index (κ1) is 15.3. The number of aromatic nitrogens is 2. The Labute approximate surface area is 123 Å². The van der Waals surface area contributed by atoms with Gasteiger partial charge in [0.1, 0.15) is 0 Å². The maximum atomic E-state index is 11.9. The molecule has 0 aliphatic carbocycles. The molecule has 1 aromatic carbocycles. The first-order valence-corrected chi connectivity index (χ1v) is 7.10. The van der Waals surface area contributed by atoms with Crippen molar-refractivity contribution >= 4 is 0 Å². The summed E-state index contributed by atoms with van der Waals surface area (Å²) >= 11 is 0. The lowest BCUT2D eigenvalue weighted by molar-refractivity contribution is 0.615. The average molecular weight is 287 g/mol. The molecule has 5 heteroatoms. The van der Waals surface area contributed by atoms with Crippen molar-refractivity contribution in [1.29, 1.82) is 0 Å². The van der Waals surface area contributed by atoms with Gasteiger partial charge >= 0.3 is 5.69 Å². The molecule has 5 nitrogen and oxygen atoms in total. The largest absolute Gasteiger partial charge is 0.330 e. The van der Waals surface area contributed by atoms with E-state index in [-0.39, 0.29) is 11.2 Å². The maximum absolute atomic E-state index is 11.9. The predicted molar refractivity (Wildman–Crippen MR) is 83.4 cm³/mol. The third-order valence-corrected chi connectivity index (χ3v) is 3.49. The van der Waals surface area contributed by atoms with Crippen LogP contribution in [0.4, 0.5) is 0 Å². The summed E-state index contributed by atoms with van der Waals surface area (Å²) in [7, 11) is 3.16. The third-order valence-electron chi connectivity index (χ3n) is 3.49. The van der Waals surface area contributed by atoms with Crippen molar-refractivity contribution in [2.75, 3.05) is 6.54 Å². The van der Waals surface area contributed by atoms with Crippen LogP contribution in [0.3, 0.4) is 0 Å². The summed E-state index contributed by atoms with van der Waals surface area (Å²) in [6.45, 7) is 1.32. The third kappa shape index (κ3) is 3.92. The summed E-state index contributed by atoms with van der Waals surface area (Å²) in [6.07, 6.45) is 3.63. The fourth-order valence-corrected chi connectivity index (χ4v) is 2.29. The average Bonchev–Trinajstić information content (AvgIpc) is 2.50. The lowest BCUT2D eigenvalue weighted by Crippen LogP contribution is -2.39. The van der Waals surface area contributed by atoms with Crippen molar-refractivity contribution in [1.82, 2.24) is 14.5 Å². The first-order valence-electron chi connectivity index (χ1n) is 7.10. The second-order valence-electron chi connectivity index (χ2n) is 5.18. The van der Waals surface area contributed by atoms with E-state index in [1.54, 1.807) is 13.2 Å². The molecular formula is C16H21N3O2. The summed E-state index contributed by atoms with van der Waals surface area (Å²) in [5, 5.41) is 3.26. The van der Waals surface area contributed by atoms with Gasteiger partial charge in [-0.05, 0) is 24.9 Å². The van der Waals surface area contributed by atoms with E-state index in [1.807, 2.05) is 18.2 Å². The zero-order chi connectivity index (χ0) is 15.2. The molecule has 1 aromatic heterocycles. The molecule has 0 radical (unpaired) electrons. The van der Waals surface area contributed by atoms with E-state index >= 15 is 0 Å². The molecule has 0 atom stereocenters. The maximum Gasteiger partial charge on any atom is 0.330 e. The quantitative estimate of drug-likeness (QED) is 0.800. The Morgan fingerprint density at radius 3 is 2.52 bits per heavy atom. The zero-order valence-corrected chi connectivity index (χ0v) is 12.5. The Morgan fingerprint density at radius 2 is 1.81 bits per heavy atom. The van der Waals surface area contributed by atoms with Crippen molar-refractivity contribution in [3.05, 3.63) is 68.5 Å². The van der Waals surface area contributed by atoms with E-state index in [0.29, 0.717) is 12.1 Å². The summed E-state index contributed by atoms with van der Waals surface area (Å²) in [4.78, 5) is 23.5. The fraction of sp³-hybridized carbons (Fsp3) is 0.375. The topological polar surface area (TPSA) is 56.0 Å². The fourth-order valence-electron chi connectivity index (χ4n) is 2.29. The number of nitrogens with zero attached hydrogens (tertiary/aromatic N) is 2. The van der Waals surface area contributed by atoms with E-state index in [1.165, 1.54) is 17.2 Å². The van der Waals surface area contributed by atoms with Crippen molar-refractivity contribution in [3.8, 4) is 0 Å². The van der Waals surface area contributed by atoms with Gasteiger partial charge in [-0.25, -0.2) is 4.79 Å². The smallest absolute Gasteiger partial charge is 0.312 e. The van der Waals surface area contributed by atoms with Gasteiger partial charge in [-0.1, -0.05) is 30.3 Å². The molecule has 2 rings (SSSR count). The van der Waals surface area contributed by atoms with Gasteiger partial charge in [-0.3, -0.25) is 9.36 Å². The molecule has 0 saturated carbocycles. The minimum Gasteiger partial charge on any atom is -0.312 e. The van der Waals surface area contributed by atoms with E-state index in [2.05, 4.69) is 17.4 Å². The minimum atomic E-state index is -0.298. The van der Waals surface area contributed by atoms with Gasteiger partial charge in [-0.15, -0.1) is 0 Å². The van der Waals surface area contributed by atoms with Crippen LogP contribution in [0.25, 0.3) is 0 Å². The van der Waals surface area contributed by atoms with Gasteiger partial charge in [-0.2, -0.15) is 0 Å². The molecule has 0 aliphatic rings. The molecule has 1 N–H and O–H groups in total. The van der Waals surface area contributed by atoms with E-state index in [4.69, 9.17) is 0 Å². The number of hydrogen-bond donors (Lipinski definition) is 1. The molecule has 0 spiro atoms. The molecule has 0 fully saturated rings. The number of hydrogen-bond acceptors (Lipinski definition) is 3. The highest BCUT2D eigenvalue weighted by Crippen LogP contribution is 2.01. The Bertz CT molecular complexity index is 702. The van der Waals surface area contributed by atoms with Crippen LogP contribution in [0.2, 0.25) is 0 Å². The van der Waals surface area contributed by atoms with E-state index in [0.717, 1.165) is 24.0 Å². The van der Waals surface area contributed by atoms with Crippen LogP contribution in [0, 0.1) is 0 Å². The number of rotatable bonds is 6. The standard InChI is InChI=1S/C16H21N3O2/c1-18-12-14(15(20)19(2)16(18)21)11-17-10-6-9-13-7-4-3-5-8-13/h3-5,7-8,12,17H,6,9-11H2,1-2H3. The molecule has 1 heterocycles. The summed E-state index contributed by atoms with van der Waals surface area (Å²) in [5.74, 6) is 0. The van der Waals surface area contributed by atoms with Crippen molar-refractivity contribution < 1.29 is 0 Å². The summed E-state index contributed by atoms with van der Waals surface area (Å²) < 4.78 is 2.57. The molecule has 0 aliphatic heterocycles. The Morgan fingerprint density at radius 1 is 1.10 bits per heavy atom. The van der Waals surface area contributed by atoms with Crippen LogP contribution in [0.5, 0.6) is 0 Å². The highest BCUT2D eigenvalue weighted by atomic mass is 16.2. The van der Waals surface area contributed by atoms with Crippen LogP contribution >= 0.6 is 0 Å². The van der Waals surface area contributed by atoms with E-state index in [9.17, 15) is 9.59 Å². The molecule has 0 bridgehead atoms. The van der Waals surface area contributed by atoms with Gasteiger partial charge in [0.25, 0.3) is 5.56 Å². The molecule has 0 amide bonds. The normalized spacial score (nSPS) is 10.8. The highest BCUT2D eigenvalue weighted by molar-refractivity contribution is 5.14. The minimum absolute atomic E-state index is 0.228. The second kappa shape index (κ2) is 7.04. The lowest BCUT2D eigenvalue weighted by Gasteiger charge is -2.08. The Balaban J connectivity index is 1.84. The van der Waals surface area contributed by atoms with Crippen LogP contribution < -0.4 is 16.6 Å². The molecule has 0 unspecified atom stereocenters. The Kier molecular flexibility index (Phi) is 5.11. The zero-order valence-electron chi connectivity index (χ0n) is 12.5. The summed E-state index contributed by atoms with van der Waals surface area (Å²) in [5.41, 5.74) is 1.40. The highest BCUT2D eigenvalue weighted by Gasteiger charge is 2.05. The monoisotopic (exact) mass is 287 g/mol. The summed E-state index contributed by atoms with van der Waals surface area (Å²) in [6, 6.07) is 10.3. The van der Waals surface area contributed by atoms with Gasteiger partial charge in [0.15, 0.2) is 0 Å². The second-order valence-corrected chi connectivity index (χ2v) is 5.18. The predicted octanol–water partition coefficient (Wildman–Crippen LogP) is 0.806. The number of benzene rings is 1. The SMILES string of the molecule is Cn1cc(CNCCCc2ccccc2)c(=O)n(C)c1=O.